The molecular weight excluding hydrogens is 402 g/mol. The van der Waals surface area contributed by atoms with Crippen LogP contribution in [0.15, 0.2) is 53.8 Å². The highest BCUT2D eigenvalue weighted by molar-refractivity contribution is 7.98. The molecule has 30 heavy (non-hydrogen) atoms. The molecule has 4 aromatic rings. The zero-order valence-electron chi connectivity index (χ0n) is 17.0. The molecule has 0 aliphatic carbocycles. The first-order valence-corrected chi connectivity index (χ1v) is 10.3. The van der Waals surface area contributed by atoms with Gasteiger partial charge in [0, 0.05) is 24.0 Å². The fourth-order valence-corrected chi connectivity index (χ4v) is 3.74. The predicted molar refractivity (Wildman–Crippen MR) is 118 cm³/mol. The summed E-state index contributed by atoms with van der Waals surface area (Å²) in [5.74, 6) is 2.76. The van der Waals surface area contributed by atoms with Crippen LogP contribution in [-0.4, -0.2) is 47.1 Å². The minimum absolute atomic E-state index is 0.437. The second-order valence-corrected chi connectivity index (χ2v) is 6.97. The molecule has 0 amide bonds. The van der Waals surface area contributed by atoms with E-state index in [1.165, 1.54) is 0 Å². The number of ether oxygens (including phenoxy) is 3. The summed E-state index contributed by atoms with van der Waals surface area (Å²) in [6, 6.07) is 13.4. The Labute approximate surface area is 178 Å². The van der Waals surface area contributed by atoms with Crippen molar-refractivity contribution in [3.8, 4) is 23.1 Å². The lowest BCUT2D eigenvalue weighted by molar-refractivity contribution is 0.324. The highest BCUT2D eigenvalue weighted by Gasteiger charge is 2.15. The average molecular weight is 423 g/mol. The third kappa shape index (κ3) is 3.59. The van der Waals surface area contributed by atoms with Crippen molar-refractivity contribution >= 4 is 34.4 Å². The van der Waals surface area contributed by atoms with Gasteiger partial charge >= 0.3 is 0 Å². The van der Waals surface area contributed by atoms with Crippen molar-refractivity contribution in [2.75, 3.05) is 32.9 Å². The minimum Gasteiger partial charge on any atom is -0.493 e. The SMILES string of the molecule is COc1cc(Nc2nccc(-n3c(SC)nc4ccccc43)n2)cc(OC)c1OC. The van der Waals surface area contributed by atoms with E-state index in [-0.39, 0.29) is 0 Å². The summed E-state index contributed by atoms with van der Waals surface area (Å²) < 4.78 is 18.2. The zero-order valence-corrected chi connectivity index (χ0v) is 17.9. The Morgan fingerprint density at radius 3 is 2.33 bits per heavy atom. The molecule has 0 saturated carbocycles. The van der Waals surface area contributed by atoms with Gasteiger partial charge < -0.3 is 19.5 Å². The van der Waals surface area contributed by atoms with E-state index < -0.39 is 0 Å². The summed E-state index contributed by atoms with van der Waals surface area (Å²) in [5, 5.41) is 4.07. The van der Waals surface area contributed by atoms with Gasteiger partial charge in [-0.2, -0.15) is 4.98 Å². The number of para-hydroxylation sites is 2. The van der Waals surface area contributed by atoms with Crippen molar-refractivity contribution < 1.29 is 14.2 Å². The zero-order chi connectivity index (χ0) is 21.1. The Hall–Kier alpha value is -3.46. The van der Waals surface area contributed by atoms with Crippen LogP contribution in [-0.2, 0) is 0 Å². The number of benzene rings is 2. The molecule has 0 radical (unpaired) electrons. The van der Waals surface area contributed by atoms with Gasteiger partial charge in [0.1, 0.15) is 5.82 Å². The van der Waals surface area contributed by atoms with Crippen LogP contribution in [0.5, 0.6) is 17.2 Å². The number of hydrogen-bond donors (Lipinski definition) is 1. The quantitative estimate of drug-likeness (QED) is 0.441. The lowest BCUT2D eigenvalue weighted by Gasteiger charge is -2.15. The van der Waals surface area contributed by atoms with Crippen molar-refractivity contribution in [2.24, 2.45) is 0 Å². The van der Waals surface area contributed by atoms with E-state index in [1.807, 2.05) is 41.2 Å². The van der Waals surface area contributed by atoms with Gasteiger partial charge in [-0.05, 0) is 24.5 Å². The maximum Gasteiger partial charge on any atom is 0.229 e. The van der Waals surface area contributed by atoms with Gasteiger partial charge in [0.15, 0.2) is 16.7 Å². The number of methoxy groups -OCH3 is 3. The summed E-state index contributed by atoms with van der Waals surface area (Å²) in [6.45, 7) is 0. The molecule has 0 saturated heterocycles. The fraction of sp³-hybridized carbons (Fsp3) is 0.190. The van der Waals surface area contributed by atoms with Crippen molar-refractivity contribution in [3.63, 3.8) is 0 Å². The Balaban J connectivity index is 1.74. The number of hydrogen-bond acceptors (Lipinski definition) is 8. The number of fused-ring (bicyclic) bond motifs is 1. The van der Waals surface area contributed by atoms with Crippen LogP contribution in [0, 0.1) is 0 Å². The Kier molecular flexibility index (Phi) is 5.62. The second kappa shape index (κ2) is 8.50. The van der Waals surface area contributed by atoms with Crippen LogP contribution in [0.25, 0.3) is 16.9 Å². The lowest BCUT2D eigenvalue weighted by Crippen LogP contribution is -2.04. The molecule has 8 nitrogen and oxygen atoms in total. The summed E-state index contributed by atoms with van der Waals surface area (Å²) in [4.78, 5) is 13.7. The van der Waals surface area contributed by atoms with Gasteiger partial charge in [-0.15, -0.1) is 0 Å². The maximum absolute atomic E-state index is 5.42. The largest absolute Gasteiger partial charge is 0.493 e. The topological polar surface area (TPSA) is 83.3 Å². The van der Waals surface area contributed by atoms with Gasteiger partial charge in [-0.25, -0.2) is 9.97 Å². The number of thioether (sulfide) groups is 1. The van der Waals surface area contributed by atoms with E-state index >= 15 is 0 Å². The van der Waals surface area contributed by atoms with E-state index in [9.17, 15) is 0 Å². The molecule has 2 heterocycles. The molecule has 0 aliphatic heterocycles. The fourth-order valence-electron chi connectivity index (χ4n) is 3.18. The van der Waals surface area contributed by atoms with E-state index in [4.69, 9.17) is 19.2 Å². The van der Waals surface area contributed by atoms with Gasteiger partial charge in [0.2, 0.25) is 11.7 Å². The Morgan fingerprint density at radius 2 is 1.67 bits per heavy atom. The average Bonchev–Trinajstić information content (AvgIpc) is 3.17. The summed E-state index contributed by atoms with van der Waals surface area (Å²) in [6.07, 6.45) is 3.70. The molecule has 1 N–H and O–H groups in total. The van der Waals surface area contributed by atoms with Crippen LogP contribution < -0.4 is 19.5 Å². The van der Waals surface area contributed by atoms with Gasteiger partial charge in [0.25, 0.3) is 0 Å². The molecule has 0 bridgehead atoms. The van der Waals surface area contributed by atoms with Crippen molar-refractivity contribution in [2.45, 2.75) is 5.16 Å². The first kappa shape index (κ1) is 19.8. The molecule has 2 aromatic carbocycles. The molecule has 0 atom stereocenters. The molecule has 0 aliphatic rings. The number of aromatic nitrogens is 4. The minimum atomic E-state index is 0.437. The van der Waals surface area contributed by atoms with Crippen LogP contribution in [0.1, 0.15) is 0 Å². The number of imidazole rings is 1. The first-order chi connectivity index (χ1) is 14.7. The third-order valence-corrected chi connectivity index (χ3v) is 5.14. The molecule has 0 spiro atoms. The van der Waals surface area contributed by atoms with E-state index in [0.717, 1.165) is 22.0 Å². The highest BCUT2D eigenvalue weighted by atomic mass is 32.2. The smallest absolute Gasteiger partial charge is 0.229 e. The monoisotopic (exact) mass is 423 g/mol. The number of anilines is 2. The molecule has 0 fully saturated rings. The summed E-state index contributed by atoms with van der Waals surface area (Å²) >= 11 is 1.56. The van der Waals surface area contributed by atoms with Crippen molar-refractivity contribution in [1.29, 1.82) is 0 Å². The predicted octanol–water partition coefficient (Wildman–Crippen LogP) is 4.31. The molecule has 0 unspecified atom stereocenters. The summed E-state index contributed by atoms with van der Waals surface area (Å²) in [5.41, 5.74) is 2.61. The van der Waals surface area contributed by atoms with Crippen molar-refractivity contribution in [3.05, 3.63) is 48.7 Å². The van der Waals surface area contributed by atoms with E-state index in [1.54, 1.807) is 51.4 Å². The van der Waals surface area contributed by atoms with Crippen LogP contribution in [0.3, 0.4) is 0 Å². The van der Waals surface area contributed by atoms with Crippen LogP contribution >= 0.6 is 11.8 Å². The third-order valence-electron chi connectivity index (χ3n) is 4.50. The molecule has 9 heteroatoms. The van der Waals surface area contributed by atoms with Gasteiger partial charge in [-0.1, -0.05) is 23.9 Å². The number of nitrogens with one attached hydrogen (secondary N) is 1. The van der Waals surface area contributed by atoms with Gasteiger partial charge in [-0.3, -0.25) is 4.57 Å². The molecule has 2 aromatic heterocycles. The number of nitrogens with zero attached hydrogens (tertiary/aromatic N) is 4. The van der Waals surface area contributed by atoms with Gasteiger partial charge in [0.05, 0.1) is 32.4 Å². The highest BCUT2D eigenvalue weighted by Crippen LogP contribution is 2.40. The molecular formula is C21H21N5O3S. The number of rotatable bonds is 7. The molecule has 4 rings (SSSR count). The standard InChI is InChI=1S/C21H21N5O3S/c1-27-16-11-13(12-17(28-2)19(16)29-3)23-20-22-10-9-18(25-20)26-15-8-6-5-7-14(15)24-21(26)30-4/h5-12H,1-4H3,(H,22,23,25). The van der Waals surface area contributed by atoms with E-state index in [0.29, 0.717) is 28.9 Å². The van der Waals surface area contributed by atoms with E-state index in [2.05, 4.69) is 15.3 Å². The molecule has 154 valence electrons. The summed E-state index contributed by atoms with van der Waals surface area (Å²) in [7, 11) is 4.72. The Bertz CT molecular complexity index is 1170. The first-order valence-electron chi connectivity index (χ1n) is 9.10. The van der Waals surface area contributed by atoms with Crippen LogP contribution in [0.4, 0.5) is 11.6 Å². The van der Waals surface area contributed by atoms with Crippen molar-refractivity contribution in [1.82, 2.24) is 19.5 Å². The maximum atomic E-state index is 5.42. The van der Waals surface area contributed by atoms with Crippen LogP contribution in [0.2, 0.25) is 0 Å². The Morgan fingerprint density at radius 1 is 0.933 bits per heavy atom. The normalized spacial score (nSPS) is 10.8. The lowest BCUT2D eigenvalue weighted by atomic mass is 10.2. The second-order valence-electron chi connectivity index (χ2n) is 6.20.